The summed E-state index contributed by atoms with van der Waals surface area (Å²) in [6.07, 6.45) is 1.93. The second kappa shape index (κ2) is 7.13. The fourth-order valence-corrected chi connectivity index (χ4v) is 3.42. The minimum absolute atomic E-state index is 0.0197. The molecule has 7 heteroatoms. The number of hydrogen-bond donors (Lipinski definition) is 2. The molecule has 0 radical (unpaired) electrons. The number of hydrogen-bond acceptors (Lipinski definition) is 4. The molecule has 1 heterocycles. The van der Waals surface area contributed by atoms with E-state index in [9.17, 15) is 14.4 Å². The number of ether oxygens (including phenoxy) is 1. The maximum Gasteiger partial charge on any atom is 0.305 e. The smallest absolute Gasteiger partial charge is 0.305 e. The van der Waals surface area contributed by atoms with Crippen molar-refractivity contribution in [1.29, 1.82) is 0 Å². The molecule has 25 heavy (non-hydrogen) atoms. The normalized spacial score (nSPS) is 22.8. The number of carbonyl (C=O) groups excluding carboxylic acids is 2. The van der Waals surface area contributed by atoms with Crippen LogP contribution in [0.3, 0.4) is 0 Å². The molecule has 1 aliphatic heterocycles. The van der Waals surface area contributed by atoms with Crippen molar-refractivity contribution in [2.75, 3.05) is 13.7 Å². The molecule has 2 atom stereocenters. The third-order valence-electron chi connectivity index (χ3n) is 4.71. The zero-order chi connectivity index (χ0) is 18.0. The first kappa shape index (κ1) is 17.3. The monoisotopic (exact) mass is 346 g/mol. The van der Waals surface area contributed by atoms with Gasteiger partial charge in [0.15, 0.2) is 0 Å². The Morgan fingerprint density at radius 3 is 2.76 bits per heavy atom. The lowest BCUT2D eigenvalue weighted by Crippen LogP contribution is -2.37. The highest BCUT2D eigenvalue weighted by Crippen LogP contribution is 2.45. The van der Waals surface area contributed by atoms with Gasteiger partial charge in [-0.05, 0) is 30.5 Å². The van der Waals surface area contributed by atoms with Gasteiger partial charge in [-0.15, -0.1) is 0 Å². The van der Waals surface area contributed by atoms with Gasteiger partial charge in [0.25, 0.3) is 0 Å². The molecule has 134 valence electrons. The van der Waals surface area contributed by atoms with Crippen molar-refractivity contribution < 1.29 is 24.2 Å². The Hall–Kier alpha value is -2.57. The van der Waals surface area contributed by atoms with Crippen LogP contribution in [0, 0.1) is 5.92 Å². The van der Waals surface area contributed by atoms with Crippen LogP contribution in [0.5, 0.6) is 5.75 Å². The van der Waals surface area contributed by atoms with Gasteiger partial charge in [-0.1, -0.05) is 12.1 Å². The maximum absolute atomic E-state index is 12.6. The Labute approximate surface area is 146 Å². The molecule has 2 amide bonds. The number of benzene rings is 1. The number of carboxylic acids is 1. The summed E-state index contributed by atoms with van der Waals surface area (Å²) >= 11 is 0. The lowest BCUT2D eigenvalue weighted by atomic mass is 9.92. The third kappa shape index (κ3) is 3.75. The van der Waals surface area contributed by atoms with Gasteiger partial charge < -0.3 is 20.1 Å². The van der Waals surface area contributed by atoms with Gasteiger partial charge in [-0.25, -0.2) is 0 Å². The Morgan fingerprint density at radius 1 is 1.36 bits per heavy atom. The summed E-state index contributed by atoms with van der Waals surface area (Å²) in [5.74, 6) is -1.10. The number of methoxy groups -OCH3 is 1. The Morgan fingerprint density at radius 2 is 2.12 bits per heavy atom. The molecule has 1 saturated heterocycles. The van der Waals surface area contributed by atoms with E-state index in [4.69, 9.17) is 9.84 Å². The van der Waals surface area contributed by atoms with E-state index in [0.717, 1.165) is 18.4 Å². The molecule has 1 saturated carbocycles. The van der Waals surface area contributed by atoms with Crippen molar-refractivity contribution in [3.63, 3.8) is 0 Å². The number of carboxylic acid groups (broad SMARTS) is 1. The summed E-state index contributed by atoms with van der Waals surface area (Å²) in [6, 6.07) is 7.29. The molecule has 0 aromatic heterocycles. The minimum atomic E-state index is -0.966. The lowest BCUT2D eigenvalue weighted by molar-refractivity contribution is -0.137. The van der Waals surface area contributed by atoms with Crippen LogP contribution in [-0.2, 0) is 14.4 Å². The van der Waals surface area contributed by atoms with Crippen molar-refractivity contribution in [3.8, 4) is 5.75 Å². The Balaban J connectivity index is 1.83. The molecule has 1 aromatic rings. The highest BCUT2D eigenvalue weighted by Gasteiger charge is 2.49. The van der Waals surface area contributed by atoms with Crippen LogP contribution in [0.25, 0.3) is 0 Å². The zero-order valence-corrected chi connectivity index (χ0v) is 14.1. The topological polar surface area (TPSA) is 95.9 Å². The number of likely N-dealkylation sites (tertiary alicyclic amines) is 1. The van der Waals surface area contributed by atoms with Crippen LogP contribution in [0.2, 0.25) is 0 Å². The standard InChI is InChI=1S/C18H22N2O5/c1-25-13-4-2-3-11(9-13)17-14(18(24)19-8-7-16(22)23)10-15(21)20(17)12-5-6-12/h2-4,9,12,14,17H,5-8,10H2,1H3,(H,19,24)(H,22,23). The molecule has 2 unspecified atom stereocenters. The number of nitrogens with one attached hydrogen (secondary N) is 1. The first-order chi connectivity index (χ1) is 12.0. The Kier molecular flexibility index (Phi) is 4.92. The van der Waals surface area contributed by atoms with E-state index < -0.39 is 11.9 Å². The van der Waals surface area contributed by atoms with Crippen LogP contribution < -0.4 is 10.1 Å². The molecule has 2 fully saturated rings. The highest BCUT2D eigenvalue weighted by molar-refractivity contribution is 5.91. The summed E-state index contributed by atoms with van der Waals surface area (Å²) in [5, 5.41) is 11.4. The van der Waals surface area contributed by atoms with Crippen LogP contribution >= 0.6 is 0 Å². The number of aliphatic carboxylic acids is 1. The van der Waals surface area contributed by atoms with Crippen LogP contribution in [0.15, 0.2) is 24.3 Å². The van der Waals surface area contributed by atoms with Crippen molar-refractivity contribution >= 4 is 17.8 Å². The second-order valence-electron chi connectivity index (χ2n) is 6.50. The molecule has 0 bridgehead atoms. The summed E-state index contributed by atoms with van der Waals surface area (Å²) < 4.78 is 5.27. The molecule has 0 spiro atoms. The number of amides is 2. The van der Waals surface area contributed by atoms with Crippen molar-refractivity contribution in [3.05, 3.63) is 29.8 Å². The molecule has 1 aromatic carbocycles. The van der Waals surface area contributed by atoms with E-state index in [2.05, 4.69) is 5.32 Å². The van der Waals surface area contributed by atoms with E-state index in [1.165, 1.54) is 0 Å². The summed E-state index contributed by atoms with van der Waals surface area (Å²) in [7, 11) is 1.58. The fourth-order valence-electron chi connectivity index (χ4n) is 3.42. The fraction of sp³-hybridized carbons (Fsp3) is 0.500. The molecular formula is C18H22N2O5. The van der Waals surface area contributed by atoms with E-state index >= 15 is 0 Å². The van der Waals surface area contributed by atoms with Crippen molar-refractivity contribution in [2.24, 2.45) is 5.92 Å². The van der Waals surface area contributed by atoms with Crippen LogP contribution in [-0.4, -0.2) is 47.5 Å². The largest absolute Gasteiger partial charge is 0.497 e. The summed E-state index contributed by atoms with van der Waals surface area (Å²) in [4.78, 5) is 37.6. The first-order valence-corrected chi connectivity index (χ1v) is 8.46. The van der Waals surface area contributed by atoms with Crippen molar-refractivity contribution in [1.82, 2.24) is 10.2 Å². The van der Waals surface area contributed by atoms with E-state index in [0.29, 0.717) is 5.75 Å². The minimum Gasteiger partial charge on any atom is -0.497 e. The van der Waals surface area contributed by atoms with Gasteiger partial charge in [0.05, 0.1) is 25.5 Å². The molecule has 1 aliphatic carbocycles. The summed E-state index contributed by atoms with van der Waals surface area (Å²) in [6.45, 7) is 0.0626. The molecule has 2 N–H and O–H groups in total. The van der Waals surface area contributed by atoms with Gasteiger partial charge in [0.2, 0.25) is 11.8 Å². The van der Waals surface area contributed by atoms with Crippen molar-refractivity contribution in [2.45, 2.75) is 37.8 Å². The lowest BCUT2D eigenvalue weighted by Gasteiger charge is -2.28. The van der Waals surface area contributed by atoms with Gasteiger partial charge in [-0.3, -0.25) is 14.4 Å². The van der Waals surface area contributed by atoms with E-state index in [1.807, 2.05) is 29.2 Å². The average Bonchev–Trinajstić information content (AvgIpc) is 3.36. The van der Waals surface area contributed by atoms with Gasteiger partial charge in [0, 0.05) is 19.0 Å². The van der Waals surface area contributed by atoms with Crippen LogP contribution in [0.4, 0.5) is 0 Å². The zero-order valence-electron chi connectivity index (χ0n) is 14.1. The molecule has 7 nitrogen and oxygen atoms in total. The average molecular weight is 346 g/mol. The van der Waals surface area contributed by atoms with E-state index in [-0.39, 0.29) is 43.3 Å². The predicted molar refractivity (Wildman–Crippen MR) is 89.0 cm³/mol. The molecule has 2 aliphatic rings. The molecular weight excluding hydrogens is 324 g/mol. The van der Waals surface area contributed by atoms with Crippen LogP contribution in [0.1, 0.15) is 37.3 Å². The SMILES string of the molecule is COc1cccc(C2C(C(=O)NCCC(=O)O)CC(=O)N2C2CC2)c1. The first-order valence-electron chi connectivity index (χ1n) is 8.46. The predicted octanol–water partition coefficient (Wildman–Crippen LogP) is 1.34. The van der Waals surface area contributed by atoms with Gasteiger partial charge >= 0.3 is 5.97 Å². The maximum atomic E-state index is 12.6. The van der Waals surface area contributed by atoms with Gasteiger partial charge in [-0.2, -0.15) is 0 Å². The highest BCUT2D eigenvalue weighted by atomic mass is 16.5. The second-order valence-corrected chi connectivity index (χ2v) is 6.50. The third-order valence-corrected chi connectivity index (χ3v) is 4.71. The van der Waals surface area contributed by atoms with E-state index in [1.54, 1.807) is 7.11 Å². The van der Waals surface area contributed by atoms with Gasteiger partial charge in [0.1, 0.15) is 5.75 Å². The number of rotatable bonds is 7. The number of carbonyl (C=O) groups is 3. The summed E-state index contributed by atoms with van der Waals surface area (Å²) in [5.41, 5.74) is 0.871. The Bertz CT molecular complexity index is 686. The quantitative estimate of drug-likeness (QED) is 0.777. The molecule has 3 rings (SSSR count). The number of nitrogens with zero attached hydrogens (tertiary/aromatic N) is 1.